The van der Waals surface area contributed by atoms with E-state index < -0.39 is 24.0 Å². The summed E-state index contributed by atoms with van der Waals surface area (Å²) in [6.07, 6.45) is -0.167. The molecule has 1 aromatic carbocycles. The average Bonchev–Trinajstić information content (AvgIpc) is 3.12. The minimum Gasteiger partial charge on any atom is -0.370 e. The summed E-state index contributed by atoms with van der Waals surface area (Å²) < 4.78 is 0. The molecule has 2 aliphatic rings. The van der Waals surface area contributed by atoms with Gasteiger partial charge in [-0.05, 0) is 24.1 Å². The molecular weight excluding hydrogens is 336 g/mol. The molecule has 3 rings (SSSR count). The number of nitriles is 1. The zero-order valence-corrected chi connectivity index (χ0v) is 14.4. The smallest absolute Gasteiger partial charge is 0.261 e. The summed E-state index contributed by atoms with van der Waals surface area (Å²) >= 11 is 0. The molecule has 1 aromatic rings. The first kappa shape index (κ1) is 18.0. The standard InChI is InChI=1S/C18H20N4O4/c1-2-8-21-17(24)14-15(12-5-3-11(10-19)4-6-12)22(9-7-13(20)23)26-16(14)18(21)25/h3-6,14-16H,2,7-9H2,1H3,(H2,20,23). The van der Waals surface area contributed by atoms with Gasteiger partial charge in [0.2, 0.25) is 11.8 Å². The van der Waals surface area contributed by atoms with E-state index >= 15 is 0 Å². The van der Waals surface area contributed by atoms with Gasteiger partial charge in [0.15, 0.2) is 6.10 Å². The summed E-state index contributed by atoms with van der Waals surface area (Å²) in [7, 11) is 0. The largest absolute Gasteiger partial charge is 0.370 e. The van der Waals surface area contributed by atoms with Crippen molar-refractivity contribution in [3.8, 4) is 6.07 Å². The van der Waals surface area contributed by atoms with Crippen LogP contribution in [0, 0.1) is 17.2 Å². The zero-order chi connectivity index (χ0) is 18.8. The van der Waals surface area contributed by atoms with Gasteiger partial charge in [0.25, 0.3) is 5.91 Å². The number of nitrogens with two attached hydrogens (primary N) is 1. The molecule has 0 radical (unpaired) electrons. The van der Waals surface area contributed by atoms with E-state index in [0.29, 0.717) is 18.5 Å². The van der Waals surface area contributed by atoms with E-state index in [1.165, 1.54) is 9.96 Å². The van der Waals surface area contributed by atoms with Crippen LogP contribution in [0.15, 0.2) is 24.3 Å². The van der Waals surface area contributed by atoms with Crippen LogP contribution >= 0.6 is 0 Å². The van der Waals surface area contributed by atoms with E-state index in [0.717, 1.165) is 5.56 Å². The summed E-state index contributed by atoms with van der Waals surface area (Å²) in [5, 5.41) is 10.5. The number of fused-ring (bicyclic) bond motifs is 1. The summed E-state index contributed by atoms with van der Waals surface area (Å²) in [5.41, 5.74) is 6.47. The van der Waals surface area contributed by atoms with Gasteiger partial charge in [0.1, 0.15) is 0 Å². The lowest BCUT2D eigenvalue weighted by molar-refractivity contribution is -0.180. The Morgan fingerprint density at radius 2 is 1.92 bits per heavy atom. The molecule has 136 valence electrons. The Hall–Kier alpha value is -2.76. The second kappa shape index (κ2) is 7.23. The lowest BCUT2D eigenvalue weighted by Gasteiger charge is -2.26. The fraction of sp³-hybridized carbons (Fsp3) is 0.444. The molecule has 0 aromatic heterocycles. The van der Waals surface area contributed by atoms with Crippen molar-refractivity contribution in [3.63, 3.8) is 0 Å². The topological polar surface area (TPSA) is 117 Å². The molecular formula is C18H20N4O4. The van der Waals surface area contributed by atoms with Gasteiger partial charge >= 0.3 is 0 Å². The van der Waals surface area contributed by atoms with E-state index in [2.05, 4.69) is 0 Å². The van der Waals surface area contributed by atoms with Crippen LogP contribution in [-0.4, -0.2) is 46.9 Å². The van der Waals surface area contributed by atoms with Gasteiger partial charge in [-0.15, -0.1) is 0 Å². The highest BCUT2D eigenvalue weighted by atomic mass is 16.7. The maximum atomic E-state index is 12.8. The van der Waals surface area contributed by atoms with E-state index in [9.17, 15) is 14.4 Å². The van der Waals surface area contributed by atoms with Crippen LogP contribution in [-0.2, 0) is 19.2 Å². The number of benzene rings is 1. The van der Waals surface area contributed by atoms with E-state index in [1.54, 1.807) is 24.3 Å². The molecule has 0 aliphatic carbocycles. The van der Waals surface area contributed by atoms with Gasteiger partial charge in [-0.3, -0.25) is 24.1 Å². The average molecular weight is 356 g/mol. The fourth-order valence-corrected chi connectivity index (χ4v) is 3.51. The Bertz CT molecular complexity index is 770. The summed E-state index contributed by atoms with van der Waals surface area (Å²) in [6, 6.07) is 8.33. The lowest BCUT2D eigenvalue weighted by Crippen LogP contribution is -2.38. The zero-order valence-electron chi connectivity index (χ0n) is 14.4. The molecule has 2 fully saturated rings. The first-order chi connectivity index (χ1) is 12.5. The monoisotopic (exact) mass is 356 g/mol. The number of nitrogens with zero attached hydrogens (tertiary/aromatic N) is 3. The number of carbonyl (C=O) groups excluding carboxylic acids is 3. The van der Waals surface area contributed by atoms with E-state index in [-0.39, 0.29) is 24.8 Å². The Kier molecular flexibility index (Phi) is 5.02. The van der Waals surface area contributed by atoms with Crippen LogP contribution < -0.4 is 5.73 Å². The number of hydrogen-bond acceptors (Lipinski definition) is 6. The van der Waals surface area contributed by atoms with Crippen molar-refractivity contribution in [2.75, 3.05) is 13.1 Å². The van der Waals surface area contributed by atoms with Crippen LogP contribution in [0.25, 0.3) is 0 Å². The molecule has 8 heteroatoms. The Labute approximate surface area is 151 Å². The molecule has 2 N–H and O–H groups in total. The van der Waals surface area contributed by atoms with Crippen LogP contribution in [0.3, 0.4) is 0 Å². The first-order valence-electron chi connectivity index (χ1n) is 8.55. The predicted molar refractivity (Wildman–Crippen MR) is 89.8 cm³/mol. The van der Waals surface area contributed by atoms with Crippen molar-refractivity contribution in [1.29, 1.82) is 5.26 Å². The maximum Gasteiger partial charge on any atom is 0.261 e. The second-order valence-corrected chi connectivity index (χ2v) is 6.42. The molecule has 2 saturated heterocycles. The molecule has 3 unspecified atom stereocenters. The molecule has 0 saturated carbocycles. The third kappa shape index (κ3) is 3.07. The van der Waals surface area contributed by atoms with Crippen molar-refractivity contribution >= 4 is 17.7 Å². The maximum absolute atomic E-state index is 12.8. The van der Waals surface area contributed by atoms with Crippen LogP contribution in [0.1, 0.15) is 36.9 Å². The predicted octanol–water partition coefficient (Wildman–Crippen LogP) is 0.486. The van der Waals surface area contributed by atoms with E-state index in [4.69, 9.17) is 15.8 Å². The van der Waals surface area contributed by atoms with Crippen molar-refractivity contribution in [1.82, 2.24) is 9.96 Å². The summed E-state index contributed by atoms with van der Waals surface area (Å²) in [5.74, 6) is -1.77. The van der Waals surface area contributed by atoms with Crippen molar-refractivity contribution in [2.24, 2.45) is 11.7 Å². The minimum absolute atomic E-state index is 0.0489. The van der Waals surface area contributed by atoms with Crippen LogP contribution in [0.5, 0.6) is 0 Å². The first-order valence-corrected chi connectivity index (χ1v) is 8.55. The highest BCUT2D eigenvalue weighted by Gasteiger charge is 2.59. The lowest BCUT2D eigenvalue weighted by atomic mass is 9.90. The van der Waals surface area contributed by atoms with Gasteiger partial charge in [-0.1, -0.05) is 19.1 Å². The Morgan fingerprint density at radius 3 is 2.50 bits per heavy atom. The Morgan fingerprint density at radius 1 is 1.23 bits per heavy atom. The van der Waals surface area contributed by atoms with Crippen LogP contribution in [0.2, 0.25) is 0 Å². The number of hydroxylamine groups is 2. The molecule has 3 amide bonds. The molecule has 3 atom stereocenters. The number of primary amides is 1. The van der Waals surface area contributed by atoms with Crippen molar-refractivity contribution < 1.29 is 19.2 Å². The molecule has 8 nitrogen and oxygen atoms in total. The number of amides is 3. The molecule has 0 bridgehead atoms. The number of imide groups is 1. The number of hydrogen-bond donors (Lipinski definition) is 1. The number of carbonyl (C=O) groups is 3. The Balaban J connectivity index is 1.94. The molecule has 2 aliphatic heterocycles. The summed E-state index contributed by atoms with van der Waals surface area (Å²) in [6.45, 7) is 2.43. The van der Waals surface area contributed by atoms with Gasteiger partial charge in [0.05, 0.1) is 23.6 Å². The third-order valence-electron chi connectivity index (χ3n) is 4.69. The number of likely N-dealkylation sites (tertiary alicyclic amines) is 1. The third-order valence-corrected chi connectivity index (χ3v) is 4.69. The van der Waals surface area contributed by atoms with Gasteiger partial charge in [0, 0.05) is 19.5 Å². The SMILES string of the molecule is CCCN1C(=O)C2ON(CCC(N)=O)C(c3ccc(C#N)cc3)C2C1=O. The van der Waals surface area contributed by atoms with Gasteiger partial charge < -0.3 is 5.73 Å². The van der Waals surface area contributed by atoms with Crippen molar-refractivity contribution in [2.45, 2.75) is 31.9 Å². The van der Waals surface area contributed by atoms with Gasteiger partial charge in [-0.25, -0.2) is 0 Å². The quantitative estimate of drug-likeness (QED) is 0.741. The van der Waals surface area contributed by atoms with Crippen molar-refractivity contribution in [3.05, 3.63) is 35.4 Å². The number of rotatable bonds is 6. The van der Waals surface area contributed by atoms with Gasteiger partial charge in [-0.2, -0.15) is 10.3 Å². The summed E-state index contributed by atoms with van der Waals surface area (Å²) in [4.78, 5) is 43.6. The minimum atomic E-state index is -0.887. The van der Waals surface area contributed by atoms with Crippen LogP contribution in [0.4, 0.5) is 0 Å². The molecule has 0 spiro atoms. The highest BCUT2D eigenvalue weighted by molar-refractivity contribution is 6.07. The second-order valence-electron chi connectivity index (χ2n) is 6.42. The highest BCUT2D eigenvalue weighted by Crippen LogP contribution is 2.44. The fourth-order valence-electron chi connectivity index (χ4n) is 3.51. The van der Waals surface area contributed by atoms with E-state index in [1.807, 2.05) is 13.0 Å². The molecule has 2 heterocycles. The molecule has 26 heavy (non-hydrogen) atoms. The normalized spacial score (nSPS) is 25.4.